The number of hydrogen-bond donors (Lipinski definition) is 1. The van der Waals surface area contributed by atoms with Crippen molar-refractivity contribution in [3.05, 3.63) is 34.7 Å². The van der Waals surface area contributed by atoms with Crippen molar-refractivity contribution in [3.8, 4) is 0 Å². The zero-order valence-corrected chi connectivity index (χ0v) is 8.09. The van der Waals surface area contributed by atoms with Crippen molar-refractivity contribution in [2.24, 2.45) is 0 Å². The molecule has 0 aliphatic carbocycles. The SMILES string of the molecule is C=c1cccc/c1=C/NC.CC. The molecule has 0 saturated carbocycles. The number of benzene rings is 1. The first kappa shape index (κ1) is 10.8. The first-order valence-corrected chi connectivity index (χ1v) is 4.26. The van der Waals surface area contributed by atoms with E-state index in [1.807, 2.05) is 51.4 Å². The zero-order valence-electron chi connectivity index (χ0n) is 8.09. The highest BCUT2D eigenvalue weighted by molar-refractivity contribution is 5.24. The molecule has 1 aromatic carbocycles. The van der Waals surface area contributed by atoms with Crippen LogP contribution in [0, 0.1) is 0 Å². The fourth-order valence-corrected chi connectivity index (χ4v) is 0.831. The van der Waals surface area contributed by atoms with Crippen LogP contribution in [0.3, 0.4) is 0 Å². The Hall–Kier alpha value is -1.24. The minimum Gasteiger partial charge on any atom is -0.393 e. The molecule has 66 valence electrons. The Morgan fingerprint density at radius 1 is 1.25 bits per heavy atom. The van der Waals surface area contributed by atoms with E-state index in [1.165, 1.54) is 0 Å². The van der Waals surface area contributed by atoms with Crippen molar-refractivity contribution in [1.82, 2.24) is 5.32 Å². The van der Waals surface area contributed by atoms with Crippen molar-refractivity contribution in [1.29, 1.82) is 0 Å². The Labute approximate surface area is 74.4 Å². The van der Waals surface area contributed by atoms with E-state index in [4.69, 9.17) is 0 Å². The molecule has 0 saturated heterocycles. The largest absolute Gasteiger partial charge is 0.393 e. The van der Waals surface area contributed by atoms with Crippen LogP contribution in [0.4, 0.5) is 0 Å². The quantitative estimate of drug-likeness (QED) is 0.653. The van der Waals surface area contributed by atoms with Gasteiger partial charge >= 0.3 is 0 Å². The predicted molar refractivity (Wildman–Crippen MR) is 56.1 cm³/mol. The summed E-state index contributed by atoms with van der Waals surface area (Å²) < 4.78 is 0. The molecule has 0 aliphatic heterocycles. The third-order valence-electron chi connectivity index (χ3n) is 1.35. The summed E-state index contributed by atoms with van der Waals surface area (Å²) in [7, 11) is 1.88. The molecule has 0 bridgehead atoms. The topological polar surface area (TPSA) is 12.0 Å². The minimum absolute atomic E-state index is 1.05. The molecule has 1 nitrogen and oxygen atoms in total. The van der Waals surface area contributed by atoms with Gasteiger partial charge in [0.05, 0.1) is 0 Å². The lowest BCUT2D eigenvalue weighted by molar-refractivity contribution is 1.17. The molecular weight excluding hydrogens is 146 g/mol. The maximum Gasteiger partial charge on any atom is 0.00410 e. The molecule has 0 fully saturated rings. The van der Waals surface area contributed by atoms with Crippen LogP contribution in [0.15, 0.2) is 24.3 Å². The van der Waals surface area contributed by atoms with Crippen molar-refractivity contribution in [3.63, 3.8) is 0 Å². The smallest absolute Gasteiger partial charge is 0.00410 e. The zero-order chi connectivity index (χ0) is 9.40. The van der Waals surface area contributed by atoms with Crippen LogP contribution in [-0.4, -0.2) is 7.05 Å². The van der Waals surface area contributed by atoms with Gasteiger partial charge in [0.2, 0.25) is 0 Å². The van der Waals surface area contributed by atoms with E-state index in [0.717, 1.165) is 10.4 Å². The van der Waals surface area contributed by atoms with E-state index in [2.05, 4.69) is 11.9 Å². The summed E-state index contributed by atoms with van der Waals surface area (Å²) in [5.74, 6) is 0. The second kappa shape index (κ2) is 6.47. The van der Waals surface area contributed by atoms with Gasteiger partial charge < -0.3 is 5.32 Å². The van der Waals surface area contributed by atoms with Crippen molar-refractivity contribution < 1.29 is 0 Å². The van der Waals surface area contributed by atoms with E-state index >= 15 is 0 Å². The van der Waals surface area contributed by atoms with Gasteiger partial charge in [-0.3, -0.25) is 0 Å². The number of rotatable bonds is 1. The van der Waals surface area contributed by atoms with Crippen molar-refractivity contribution >= 4 is 12.8 Å². The second-order valence-corrected chi connectivity index (χ2v) is 2.13. The fraction of sp³-hybridized carbons (Fsp3) is 0.273. The standard InChI is InChI=1S/C9H11N.C2H6/c1-8-5-3-4-6-9(8)7-10-2;1-2/h3-7,10H,1H2,2H3;1-2H3/b9-7-;. The van der Waals surface area contributed by atoms with Gasteiger partial charge in [-0.05, 0) is 10.4 Å². The molecule has 0 spiro atoms. The Morgan fingerprint density at radius 3 is 2.33 bits per heavy atom. The van der Waals surface area contributed by atoms with Crippen LogP contribution >= 0.6 is 0 Å². The predicted octanol–water partition coefficient (Wildman–Crippen LogP) is 1.08. The second-order valence-electron chi connectivity index (χ2n) is 2.13. The van der Waals surface area contributed by atoms with E-state index in [9.17, 15) is 0 Å². The summed E-state index contributed by atoms with van der Waals surface area (Å²) in [6, 6.07) is 8.00. The molecule has 1 rings (SSSR count). The van der Waals surface area contributed by atoms with Gasteiger partial charge in [-0.25, -0.2) is 0 Å². The third-order valence-corrected chi connectivity index (χ3v) is 1.35. The monoisotopic (exact) mass is 163 g/mol. The van der Waals surface area contributed by atoms with E-state index in [1.54, 1.807) is 0 Å². The van der Waals surface area contributed by atoms with Gasteiger partial charge in [0.15, 0.2) is 0 Å². The minimum atomic E-state index is 1.05. The summed E-state index contributed by atoms with van der Waals surface area (Å²) in [5, 5.41) is 5.16. The van der Waals surface area contributed by atoms with Crippen molar-refractivity contribution in [2.75, 3.05) is 7.05 Å². The Balaban J connectivity index is 0.000000561. The maximum atomic E-state index is 3.87. The Morgan fingerprint density at radius 2 is 1.83 bits per heavy atom. The summed E-state index contributed by atoms with van der Waals surface area (Å²) in [6.45, 7) is 7.87. The number of hydrogen-bond acceptors (Lipinski definition) is 1. The van der Waals surface area contributed by atoms with E-state index < -0.39 is 0 Å². The van der Waals surface area contributed by atoms with Crippen LogP contribution in [0.5, 0.6) is 0 Å². The van der Waals surface area contributed by atoms with E-state index in [-0.39, 0.29) is 0 Å². The molecular formula is C11H17N. The van der Waals surface area contributed by atoms with Crippen LogP contribution in [0.25, 0.3) is 12.8 Å². The van der Waals surface area contributed by atoms with Gasteiger partial charge in [-0.1, -0.05) is 44.7 Å². The molecule has 0 amide bonds. The maximum absolute atomic E-state index is 3.87. The third kappa shape index (κ3) is 3.24. The highest BCUT2D eigenvalue weighted by Crippen LogP contribution is 1.68. The molecule has 12 heavy (non-hydrogen) atoms. The lowest BCUT2D eigenvalue weighted by atomic mass is 10.3. The fourth-order valence-electron chi connectivity index (χ4n) is 0.831. The molecule has 1 heteroatoms. The first-order chi connectivity index (χ1) is 5.84. The Bertz CT molecular complexity index is 301. The summed E-state index contributed by atoms with van der Waals surface area (Å²) in [6.07, 6.45) is 1.93. The normalized spacial score (nSPS) is 10.1. The lowest BCUT2D eigenvalue weighted by Crippen LogP contribution is -2.24. The Kier molecular flexibility index (Phi) is 5.80. The van der Waals surface area contributed by atoms with Gasteiger partial charge in [-0.15, -0.1) is 0 Å². The van der Waals surface area contributed by atoms with Crippen LogP contribution < -0.4 is 15.8 Å². The molecule has 0 heterocycles. The lowest BCUT2D eigenvalue weighted by Gasteiger charge is -1.87. The molecule has 0 radical (unpaired) electrons. The summed E-state index contributed by atoms with van der Waals surface area (Å²) in [5.41, 5.74) is 0. The van der Waals surface area contributed by atoms with E-state index in [0.29, 0.717) is 0 Å². The van der Waals surface area contributed by atoms with Gasteiger partial charge in [-0.2, -0.15) is 0 Å². The van der Waals surface area contributed by atoms with Crippen molar-refractivity contribution in [2.45, 2.75) is 13.8 Å². The van der Waals surface area contributed by atoms with Gasteiger partial charge in [0, 0.05) is 13.2 Å². The highest BCUT2D eigenvalue weighted by atomic mass is 14.8. The van der Waals surface area contributed by atoms with Gasteiger partial charge in [0.25, 0.3) is 0 Å². The summed E-state index contributed by atoms with van der Waals surface area (Å²) >= 11 is 0. The van der Waals surface area contributed by atoms with Crippen LogP contribution in [0.2, 0.25) is 0 Å². The molecule has 1 N–H and O–H groups in total. The molecule has 1 aromatic rings. The summed E-state index contributed by atoms with van der Waals surface area (Å²) in [4.78, 5) is 0. The average molecular weight is 163 g/mol. The van der Waals surface area contributed by atoms with Crippen LogP contribution in [0.1, 0.15) is 13.8 Å². The molecule has 0 aromatic heterocycles. The highest BCUT2D eigenvalue weighted by Gasteiger charge is 1.76. The van der Waals surface area contributed by atoms with Crippen LogP contribution in [-0.2, 0) is 0 Å². The van der Waals surface area contributed by atoms with Gasteiger partial charge in [0.1, 0.15) is 0 Å². The molecule has 0 atom stereocenters. The molecule has 0 aliphatic rings. The first-order valence-electron chi connectivity index (χ1n) is 4.26. The average Bonchev–Trinajstić information content (AvgIpc) is 2.13. The molecule has 0 unspecified atom stereocenters. The number of nitrogens with one attached hydrogen (secondary N) is 1.